The van der Waals surface area contributed by atoms with Gasteiger partial charge in [-0.05, 0) is 12.1 Å². The van der Waals surface area contributed by atoms with Crippen molar-refractivity contribution in [3.05, 3.63) is 40.4 Å². The molecule has 5 nitrogen and oxygen atoms in total. The first kappa shape index (κ1) is 13.8. The van der Waals surface area contributed by atoms with Gasteiger partial charge in [0.2, 0.25) is 10.0 Å². The van der Waals surface area contributed by atoms with Crippen molar-refractivity contribution < 1.29 is 17.2 Å². The quantitative estimate of drug-likeness (QED) is 0.838. The number of nitrogen functional groups attached to an aromatic ring is 1. The Hall–Kier alpha value is -1.58. The van der Waals surface area contributed by atoms with Crippen LogP contribution in [0.1, 0.15) is 5.69 Å². The average Bonchev–Trinajstić information content (AvgIpc) is 2.86. The van der Waals surface area contributed by atoms with E-state index >= 15 is 0 Å². The Morgan fingerprint density at radius 1 is 1.37 bits per heavy atom. The monoisotopic (exact) mass is 305 g/mol. The smallest absolute Gasteiger partial charge is 0.243 e. The molecule has 102 valence electrons. The molecule has 0 aliphatic heterocycles. The molecule has 1 aromatic heterocycles. The van der Waals surface area contributed by atoms with Crippen LogP contribution in [0.15, 0.2) is 27.9 Å². The van der Waals surface area contributed by atoms with Gasteiger partial charge in [0, 0.05) is 5.38 Å². The lowest BCUT2D eigenvalue weighted by molar-refractivity contribution is 0.547. The van der Waals surface area contributed by atoms with Gasteiger partial charge in [-0.15, -0.1) is 11.3 Å². The van der Waals surface area contributed by atoms with Crippen molar-refractivity contribution in [2.45, 2.75) is 11.4 Å². The minimum atomic E-state index is -4.11. The fourth-order valence-corrected chi connectivity index (χ4v) is 2.97. The van der Waals surface area contributed by atoms with Crippen molar-refractivity contribution in [3.63, 3.8) is 0 Å². The number of halogens is 2. The average molecular weight is 305 g/mol. The molecule has 9 heteroatoms. The summed E-state index contributed by atoms with van der Waals surface area (Å²) in [7, 11) is -4.11. The normalized spacial score (nSPS) is 11.7. The van der Waals surface area contributed by atoms with E-state index in [2.05, 4.69) is 9.71 Å². The van der Waals surface area contributed by atoms with Crippen molar-refractivity contribution in [2.75, 3.05) is 5.73 Å². The second kappa shape index (κ2) is 5.19. The fourth-order valence-electron chi connectivity index (χ4n) is 1.33. The van der Waals surface area contributed by atoms with E-state index < -0.39 is 32.2 Å². The van der Waals surface area contributed by atoms with Crippen LogP contribution in [-0.4, -0.2) is 13.4 Å². The number of thiazole rings is 1. The summed E-state index contributed by atoms with van der Waals surface area (Å²) in [5.41, 5.74) is 6.34. The van der Waals surface area contributed by atoms with Crippen molar-refractivity contribution in [2.24, 2.45) is 0 Å². The summed E-state index contributed by atoms with van der Waals surface area (Å²) < 4.78 is 52.5. The molecule has 3 N–H and O–H groups in total. The maximum Gasteiger partial charge on any atom is 0.243 e. The highest BCUT2D eigenvalue weighted by Crippen LogP contribution is 2.22. The van der Waals surface area contributed by atoms with Crippen LogP contribution in [0.5, 0.6) is 0 Å². The molecular weight excluding hydrogens is 296 g/mol. The zero-order chi connectivity index (χ0) is 14.0. The van der Waals surface area contributed by atoms with E-state index in [1.807, 2.05) is 0 Å². The van der Waals surface area contributed by atoms with Gasteiger partial charge >= 0.3 is 0 Å². The van der Waals surface area contributed by atoms with Gasteiger partial charge in [-0.2, -0.15) is 0 Å². The third-order valence-electron chi connectivity index (χ3n) is 2.31. The van der Waals surface area contributed by atoms with E-state index in [4.69, 9.17) is 5.73 Å². The van der Waals surface area contributed by atoms with E-state index in [0.717, 1.165) is 12.1 Å². The van der Waals surface area contributed by atoms with Crippen LogP contribution in [0.25, 0.3) is 0 Å². The molecule has 0 radical (unpaired) electrons. The first-order valence-corrected chi connectivity index (χ1v) is 7.44. The maximum atomic E-state index is 13.6. The van der Waals surface area contributed by atoms with Gasteiger partial charge in [0.15, 0.2) is 5.82 Å². The van der Waals surface area contributed by atoms with Crippen molar-refractivity contribution in [3.8, 4) is 0 Å². The van der Waals surface area contributed by atoms with E-state index in [1.165, 1.54) is 11.3 Å². The zero-order valence-corrected chi connectivity index (χ0v) is 11.1. The van der Waals surface area contributed by atoms with E-state index in [1.54, 1.807) is 10.9 Å². The molecule has 0 bridgehead atoms. The molecule has 19 heavy (non-hydrogen) atoms. The Kier molecular flexibility index (Phi) is 3.78. The van der Waals surface area contributed by atoms with Crippen molar-refractivity contribution in [1.29, 1.82) is 0 Å². The van der Waals surface area contributed by atoms with Gasteiger partial charge < -0.3 is 5.73 Å². The molecule has 0 amide bonds. The first-order chi connectivity index (χ1) is 8.92. The summed E-state index contributed by atoms with van der Waals surface area (Å²) in [4.78, 5) is 3.19. The predicted molar refractivity (Wildman–Crippen MR) is 66.9 cm³/mol. The molecule has 2 rings (SSSR count). The van der Waals surface area contributed by atoms with Crippen LogP contribution in [0, 0.1) is 11.6 Å². The molecule has 0 fully saturated rings. The summed E-state index contributed by atoms with van der Waals surface area (Å²) in [6.45, 7) is -0.0808. The number of rotatable bonds is 4. The summed E-state index contributed by atoms with van der Waals surface area (Å²) >= 11 is 1.30. The minimum absolute atomic E-state index is 0.0808. The largest absolute Gasteiger partial charge is 0.394 e. The topological polar surface area (TPSA) is 85.1 Å². The number of benzene rings is 1. The number of aromatic nitrogens is 1. The molecule has 0 atom stereocenters. The first-order valence-electron chi connectivity index (χ1n) is 5.02. The zero-order valence-electron chi connectivity index (χ0n) is 9.43. The minimum Gasteiger partial charge on any atom is -0.394 e. The highest BCUT2D eigenvalue weighted by atomic mass is 32.2. The Labute approximate surface area is 112 Å². The molecule has 1 heterocycles. The predicted octanol–water partition coefficient (Wildman–Crippen LogP) is 1.48. The van der Waals surface area contributed by atoms with Crippen LogP contribution < -0.4 is 10.5 Å². The van der Waals surface area contributed by atoms with Crippen LogP contribution in [0.2, 0.25) is 0 Å². The highest BCUT2D eigenvalue weighted by Gasteiger charge is 2.22. The van der Waals surface area contributed by atoms with Crippen molar-refractivity contribution in [1.82, 2.24) is 9.71 Å². The second-order valence-corrected chi connectivity index (χ2v) is 6.03. The lowest BCUT2D eigenvalue weighted by atomic mass is 10.3. The van der Waals surface area contributed by atoms with Gasteiger partial charge in [0.25, 0.3) is 0 Å². The van der Waals surface area contributed by atoms with Gasteiger partial charge in [0.05, 0.1) is 17.7 Å². The van der Waals surface area contributed by atoms with Crippen LogP contribution in [0.4, 0.5) is 14.5 Å². The molecule has 0 spiro atoms. The Morgan fingerprint density at radius 2 is 2.11 bits per heavy atom. The third kappa shape index (κ3) is 2.88. The van der Waals surface area contributed by atoms with E-state index in [-0.39, 0.29) is 6.54 Å². The highest BCUT2D eigenvalue weighted by molar-refractivity contribution is 7.89. The number of hydrogen-bond donors (Lipinski definition) is 2. The lowest BCUT2D eigenvalue weighted by Crippen LogP contribution is -2.24. The van der Waals surface area contributed by atoms with E-state index in [9.17, 15) is 17.2 Å². The number of nitrogens with zero attached hydrogens (tertiary/aromatic N) is 1. The van der Waals surface area contributed by atoms with Crippen LogP contribution in [0.3, 0.4) is 0 Å². The molecule has 1 aromatic carbocycles. The maximum absolute atomic E-state index is 13.6. The van der Waals surface area contributed by atoms with Gasteiger partial charge in [0.1, 0.15) is 16.4 Å². The summed E-state index contributed by atoms with van der Waals surface area (Å²) in [6, 6.07) is 1.63. The number of nitrogens with one attached hydrogen (secondary N) is 1. The molecule has 0 aliphatic carbocycles. The van der Waals surface area contributed by atoms with E-state index in [0.29, 0.717) is 5.69 Å². The molecular formula is C10H9F2N3O2S2. The molecule has 0 saturated heterocycles. The third-order valence-corrected chi connectivity index (χ3v) is 4.36. The molecule has 0 unspecified atom stereocenters. The SMILES string of the molecule is Nc1c(F)ccc(S(=O)(=O)NCc2cscn2)c1F. The fraction of sp³-hybridized carbons (Fsp3) is 0.100. The van der Waals surface area contributed by atoms with Gasteiger partial charge in [-0.3, -0.25) is 0 Å². The Bertz CT molecular complexity index is 687. The number of anilines is 1. The second-order valence-electron chi connectivity index (χ2n) is 3.58. The summed E-state index contributed by atoms with van der Waals surface area (Å²) in [6.07, 6.45) is 0. The molecule has 0 saturated carbocycles. The summed E-state index contributed by atoms with van der Waals surface area (Å²) in [5, 5.41) is 1.65. The Balaban J connectivity index is 2.27. The van der Waals surface area contributed by atoms with Crippen molar-refractivity contribution >= 4 is 27.0 Å². The lowest BCUT2D eigenvalue weighted by Gasteiger charge is -2.08. The van der Waals surface area contributed by atoms with Gasteiger partial charge in [-0.25, -0.2) is 26.9 Å². The molecule has 0 aliphatic rings. The Morgan fingerprint density at radius 3 is 2.74 bits per heavy atom. The number of hydrogen-bond acceptors (Lipinski definition) is 5. The van der Waals surface area contributed by atoms with Crippen LogP contribution >= 0.6 is 11.3 Å². The number of sulfonamides is 1. The molecule has 2 aromatic rings. The van der Waals surface area contributed by atoms with Crippen LogP contribution in [-0.2, 0) is 16.6 Å². The summed E-state index contributed by atoms with van der Waals surface area (Å²) in [5.74, 6) is -2.30. The number of nitrogens with two attached hydrogens (primary N) is 1. The van der Waals surface area contributed by atoms with Gasteiger partial charge in [-0.1, -0.05) is 0 Å². The standard InChI is InChI=1S/C10H9F2N3O2S2/c11-7-1-2-8(9(12)10(7)13)19(16,17)15-3-6-4-18-5-14-6/h1-2,4-5,15H,3,13H2.